The SMILES string of the molecule is CCOC(=O)c1ncc2[nH]c3ccc(OCc4cncs4)cc3c2c1COC. The van der Waals surface area contributed by atoms with Crippen molar-refractivity contribution in [3.8, 4) is 5.75 Å². The Bertz CT molecular complexity index is 1120. The molecule has 7 nitrogen and oxygen atoms in total. The number of benzene rings is 1. The van der Waals surface area contributed by atoms with Gasteiger partial charge in [0.25, 0.3) is 0 Å². The lowest BCUT2D eigenvalue weighted by atomic mass is 10.1. The zero-order valence-electron chi connectivity index (χ0n) is 15.5. The molecule has 0 saturated heterocycles. The molecule has 0 unspecified atom stereocenters. The van der Waals surface area contributed by atoms with Gasteiger partial charge in [0.15, 0.2) is 5.69 Å². The highest BCUT2D eigenvalue weighted by atomic mass is 32.1. The van der Waals surface area contributed by atoms with Crippen molar-refractivity contribution in [1.82, 2.24) is 15.0 Å². The fourth-order valence-corrected chi connectivity index (χ4v) is 3.66. The topological polar surface area (TPSA) is 86.3 Å². The van der Waals surface area contributed by atoms with Crippen molar-refractivity contribution in [3.63, 3.8) is 0 Å². The van der Waals surface area contributed by atoms with Gasteiger partial charge in [-0.1, -0.05) is 0 Å². The number of rotatable bonds is 7. The van der Waals surface area contributed by atoms with Crippen LogP contribution >= 0.6 is 11.3 Å². The van der Waals surface area contributed by atoms with E-state index >= 15 is 0 Å². The number of ether oxygens (including phenoxy) is 3. The van der Waals surface area contributed by atoms with Crippen LogP contribution in [0.5, 0.6) is 5.75 Å². The first-order valence-corrected chi connectivity index (χ1v) is 9.68. The summed E-state index contributed by atoms with van der Waals surface area (Å²) in [6.45, 7) is 2.76. The quantitative estimate of drug-likeness (QED) is 0.473. The Kier molecular flexibility index (Phi) is 5.23. The second kappa shape index (κ2) is 7.95. The normalized spacial score (nSPS) is 11.2. The van der Waals surface area contributed by atoms with E-state index in [-0.39, 0.29) is 18.9 Å². The van der Waals surface area contributed by atoms with Crippen molar-refractivity contribution < 1.29 is 19.0 Å². The van der Waals surface area contributed by atoms with Crippen molar-refractivity contribution >= 4 is 39.1 Å². The summed E-state index contributed by atoms with van der Waals surface area (Å²) in [6.07, 6.45) is 3.45. The Morgan fingerprint density at radius 1 is 1.21 bits per heavy atom. The number of thiazole rings is 1. The van der Waals surface area contributed by atoms with Crippen LogP contribution in [0.3, 0.4) is 0 Å². The maximum Gasteiger partial charge on any atom is 0.357 e. The number of nitrogens with zero attached hydrogens (tertiary/aromatic N) is 2. The molecule has 0 amide bonds. The minimum Gasteiger partial charge on any atom is -0.488 e. The summed E-state index contributed by atoms with van der Waals surface area (Å²) in [6, 6.07) is 5.83. The average molecular weight is 397 g/mol. The largest absolute Gasteiger partial charge is 0.488 e. The molecule has 0 radical (unpaired) electrons. The third-order valence-corrected chi connectivity index (χ3v) is 5.08. The summed E-state index contributed by atoms with van der Waals surface area (Å²) in [5.41, 5.74) is 4.51. The fraction of sp³-hybridized carbons (Fsp3) is 0.250. The number of hydrogen-bond acceptors (Lipinski definition) is 7. The lowest BCUT2D eigenvalue weighted by Crippen LogP contribution is -2.11. The summed E-state index contributed by atoms with van der Waals surface area (Å²) in [5.74, 6) is 0.281. The zero-order chi connectivity index (χ0) is 19.5. The third-order valence-electron chi connectivity index (χ3n) is 4.33. The van der Waals surface area contributed by atoms with Crippen LogP contribution in [-0.2, 0) is 22.7 Å². The van der Waals surface area contributed by atoms with Gasteiger partial charge >= 0.3 is 5.97 Å². The van der Waals surface area contributed by atoms with Gasteiger partial charge in [0.1, 0.15) is 12.4 Å². The molecule has 4 rings (SSSR count). The van der Waals surface area contributed by atoms with Gasteiger partial charge in [-0.15, -0.1) is 11.3 Å². The first-order valence-electron chi connectivity index (χ1n) is 8.80. The molecule has 144 valence electrons. The molecule has 1 aromatic carbocycles. The summed E-state index contributed by atoms with van der Waals surface area (Å²) >= 11 is 1.55. The highest BCUT2D eigenvalue weighted by Crippen LogP contribution is 2.33. The van der Waals surface area contributed by atoms with Crippen LogP contribution in [0.1, 0.15) is 27.9 Å². The molecule has 8 heteroatoms. The number of H-pyrrole nitrogens is 1. The van der Waals surface area contributed by atoms with Crippen LogP contribution in [-0.4, -0.2) is 34.6 Å². The molecular weight excluding hydrogens is 378 g/mol. The van der Waals surface area contributed by atoms with E-state index in [1.807, 2.05) is 18.2 Å². The number of aromatic amines is 1. The lowest BCUT2D eigenvalue weighted by Gasteiger charge is -2.09. The Balaban J connectivity index is 1.80. The van der Waals surface area contributed by atoms with Crippen LogP contribution < -0.4 is 4.74 Å². The molecule has 0 aliphatic carbocycles. The minimum absolute atomic E-state index is 0.247. The van der Waals surface area contributed by atoms with E-state index in [0.717, 1.165) is 32.4 Å². The van der Waals surface area contributed by atoms with E-state index in [0.29, 0.717) is 12.2 Å². The highest BCUT2D eigenvalue weighted by molar-refractivity contribution is 7.09. The van der Waals surface area contributed by atoms with E-state index in [1.165, 1.54) is 0 Å². The molecule has 28 heavy (non-hydrogen) atoms. The summed E-state index contributed by atoms with van der Waals surface area (Å²) in [7, 11) is 1.59. The van der Waals surface area contributed by atoms with Gasteiger partial charge in [0.05, 0.1) is 35.3 Å². The Morgan fingerprint density at radius 3 is 2.86 bits per heavy atom. The molecule has 0 atom stereocenters. The van der Waals surface area contributed by atoms with Crippen molar-refractivity contribution in [2.24, 2.45) is 0 Å². The maximum absolute atomic E-state index is 12.4. The fourth-order valence-electron chi connectivity index (χ4n) is 3.16. The van der Waals surface area contributed by atoms with Gasteiger partial charge in [0, 0.05) is 35.2 Å². The standard InChI is InChI=1S/C20H19N3O4S/c1-3-26-20(24)19-15(10-25-2)18-14-6-12(27-9-13-7-21-11-28-13)4-5-16(14)23-17(18)8-22-19/h4-8,11,23H,3,9-10H2,1-2H3. The van der Waals surface area contributed by atoms with Gasteiger partial charge < -0.3 is 19.2 Å². The van der Waals surface area contributed by atoms with Gasteiger partial charge in [0.2, 0.25) is 0 Å². The molecule has 0 aliphatic rings. The van der Waals surface area contributed by atoms with Crippen LogP contribution in [0.15, 0.2) is 36.1 Å². The second-order valence-electron chi connectivity index (χ2n) is 6.12. The van der Waals surface area contributed by atoms with Crippen molar-refractivity contribution in [2.75, 3.05) is 13.7 Å². The van der Waals surface area contributed by atoms with Crippen LogP contribution in [0, 0.1) is 0 Å². The van der Waals surface area contributed by atoms with Gasteiger partial charge in [-0.3, -0.25) is 4.98 Å². The van der Waals surface area contributed by atoms with E-state index in [9.17, 15) is 4.79 Å². The van der Waals surface area contributed by atoms with Gasteiger partial charge in [-0.25, -0.2) is 9.78 Å². The average Bonchev–Trinajstić information content (AvgIpc) is 3.34. The third kappa shape index (κ3) is 3.44. The monoisotopic (exact) mass is 397 g/mol. The van der Waals surface area contributed by atoms with Crippen molar-refractivity contribution in [3.05, 3.63) is 52.2 Å². The molecule has 0 bridgehead atoms. The van der Waals surface area contributed by atoms with E-state index in [2.05, 4.69) is 15.0 Å². The van der Waals surface area contributed by atoms with Crippen LogP contribution in [0.25, 0.3) is 21.8 Å². The minimum atomic E-state index is -0.455. The number of fused-ring (bicyclic) bond motifs is 3. The molecule has 1 N–H and O–H groups in total. The highest BCUT2D eigenvalue weighted by Gasteiger charge is 2.20. The Morgan fingerprint density at radius 2 is 2.11 bits per heavy atom. The predicted molar refractivity (Wildman–Crippen MR) is 107 cm³/mol. The summed E-state index contributed by atoms with van der Waals surface area (Å²) in [5, 5.41) is 1.83. The van der Waals surface area contributed by atoms with Crippen molar-refractivity contribution in [1.29, 1.82) is 0 Å². The number of esters is 1. The van der Waals surface area contributed by atoms with E-state index in [4.69, 9.17) is 14.2 Å². The van der Waals surface area contributed by atoms with Gasteiger partial charge in [-0.2, -0.15) is 0 Å². The van der Waals surface area contributed by atoms with Gasteiger partial charge in [-0.05, 0) is 25.1 Å². The zero-order valence-corrected chi connectivity index (χ0v) is 16.3. The summed E-state index contributed by atoms with van der Waals surface area (Å²) in [4.78, 5) is 25.1. The van der Waals surface area contributed by atoms with E-state index in [1.54, 1.807) is 43.3 Å². The first-order chi connectivity index (χ1) is 13.7. The molecule has 0 aliphatic heterocycles. The summed E-state index contributed by atoms with van der Waals surface area (Å²) < 4.78 is 16.4. The number of carbonyl (C=O) groups excluding carboxylic acids is 1. The molecular formula is C20H19N3O4S. The van der Waals surface area contributed by atoms with Crippen LogP contribution in [0.4, 0.5) is 0 Å². The second-order valence-corrected chi connectivity index (χ2v) is 7.09. The number of aromatic nitrogens is 3. The molecule has 3 heterocycles. The number of methoxy groups -OCH3 is 1. The molecule has 3 aromatic heterocycles. The molecule has 0 spiro atoms. The molecule has 0 saturated carbocycles. The number of nitrogens with one attached hydrogen (secondary N) is 1. The molecule has 0 fully saturated rings. The Hall–Kier alpha value is -2.97. The van der Waals surface area contributed by atoms with Crippen molar-refractivity contribution in [2.45, 2.75) is 20.1 Å². The maximum atomic E-state index is 12.4. The Labute approximate surface area is 165 Å². The number of hydrogen-bond donors (Lipinski definition) is 1. The van der Waals surface area contributed by atoms with Crippen LogP contribution in [0.2, 0.25) is 0 Å². The smallest absolute Gasteiger partial charge is 0.357 e. The number of pyridine rings is 1. The predicted octanol–water partition coefficient (Wildman–Crippen LogP) is 4.07. The number of carbonyl (C=O) groups is 1. The van der Waals surface area contributed by atoms with E-state index < -0.39 is 5.97 Å². The first kappa shape index (κ1) is 18.4. The lowest BCUT2D eigenvalue weighted by molar-refractivity contribution is 0.0514. The molecule has 4 aromatic rings.